The lowest BCUT2D eigenvalue weighted by Crippen LogP contribution is -2.08. The maximum atomic E-state index is 2.59. The molecule has 0 nitrogen and oxygen atoms in total. The summed E-state index contributed by atoms with van der Waals surface area (Å²) >= 11 is 0. The Morgan fingerprint density at radius 1 is 0.706 bits per heavy atom. The van der Waals surface area contributed by atoms with E-state index in [4.69, 9.17) is 0 Å². The summed E-state index contributed by atoms with van der Waals surface area (Å²) < 4.78 is 0. The minimum absolute atomic E-state index is 0.957. The third-order valence-electron chi connectivity index (χ3n) is 4.09. The summed E-state index contributed by atoms with van der Waals surface area (Å²) in [5.41, 5.74) is 0. The van der Waals surface area contributed by atoms with Gasteiger partial charge in [-0.05, 0) is 11.8 Å². The SMILES string of the molecule is CCCCC(CC)C[B]CC(CC)CCCC. The molecule has 2 atom stereocenters. The molecule has 0 N–H and O–H groups in total. The van der Waals surface area contributed by atoms with E-state index >= 15 is 0 Å². The number of hydrogen-bond donors (Lipinski definition) is 0. The molecule has 0 aliphatic carbocycles. The fourth-order valence-corrected chi connectivity index (χ4v) is 2.53. The van der Waals surface area contributed by atoms with Gasteiger partial charge in [0, 0.05) is 0 Å². The van der Waals surface area contributed by atoms with Gasteiger partial charge in [-0.15, -0.1) is 0 Å². The van der Waals surface area contributed by atoms with Crippen molar-refractivity contribution in [3.8, 4) is 0 Å². The predicted octanol–water partition coefficient (Wildman–Crippen LogP) is 5.96. The van der Waals surface area contributed by atoms with E-state index in [1.165, 1.54) is 64.0 Å². The minimum atomic E-state index is 0.957. The van der Waals surface area contributed by atoms with Gasteiger partial charge in [0.05, 0.1) is 0 Å². The second-order valence-corrected chi connectivity index (χ2v) is 5.59. The molecule has 1 heteroatoms. The van der Waals surface area contributed by atoms with Gasteiger partial charge in [0.25, 0.3) is 0 Å². The van der Waals surface area contributed by atoms with Gasteiger partial charge in [0.2, 0.25) is 0 Å². The van der Waals surface area contributed by atoms with E-state index in [-0.39, 0.29) is 0 Å². The molecule has 0 amide bonds. The van der Waals surface area contributed by atoms with E-state index in [9.17, 15) is 0 Å². The molecule has 0 saturated heterocycles. The van der Waals surface area contributed by atoms with Gasteiger partial charge in [-0.1, -0.05) is 91.7 Å². The van der Waals surface area contributed by atoms with Crippen LogP contribution in [0.3, 0.4) is 0 Å². The molecule has 0 heterocycles. The van der Waals surface area contributed by atoms with Crippen LogP contribution >= 0.6 is 0 Å². The molecule has 1 radical (unpaired) electrons. The molecule has 0 rings (SSSR count). The molecule has 0 aliphatic rings. The molecular formula is C16H34B. The van der Waals surface area contributed by atoms with Crippen molar-refractivity contribution in [1.82, 2.24) is 0 Å². The van der Waals surface area contributed by atoms with Crippen molar-refractivity contribution in [3.63, 3.8) is 0 Å². The molecule has 0 bridgehead atoms. The quantitative estimate of drug-likeness (QED) is 0.367. The number of rotatable bonds is 12. The molecule has 0 aliphatic heterocycles. The van der Waals surface area contributed by atoms with E-state index < -0.39 is 0 Å². The second kappa shape index (κ2) is 12.5. The third-order valence-corrected chi connectivity index (χ3v) is 4.09. The Balaban J connectivity index is 3.61. The van der Waals surface area contributed by atoms with E-state index in [1.807, 2.05) is 0 Å². The molecule has 2 unspecified atom stereocenters. The molecule has 17 heavy (non-hydrogen) atoms. The molecular weight excluding hydrogens is 203 g/mol. The average Bonchev–Trinajstić information content (AvgIpc) is 2.37. The molecule has 0 spiro atoms. The van der Waals surface area contributed by atoms with Gasteiger partial charge < -0.3 is 0 Å². The Labute approximate surface area is 111 Å². The highest BCUT2D eigenvalue weighted by Crippen LogP contribution is 2.21. The summed E-state index contributed by atoms with van der Waals surface area (Å²) in [5, 5.41) is 0. The van der Waals surface area contributed by atoms with Crippen LogP contribution in [0, 0.1) is 11.8 Å². The summed E-state index contributed by atoms with van der Waals surface area (Å²) in [7, 11) is 2.59. The minimum Gasteiger partial charge on any atom is -0.0775 e. The van der Waals surface area contributed by atoms with Crippen molar-refractivity contribution in [1.29, 1.82) is 0 Å². The molecule has 101 valence electrons. The highest BCUT2D eigenvalue weighted by molar-refractivity contribution is 6.35. The third kappa shape index (κ3) is 9.74. The standard InChI is InChI=1S/C16H34B/c1-5-9-11-15(7-3)13-17-14-16(8-4)12-10-6-2/h15-16H,5-14H2,1-4H3. The molecule has 0 aromatic rings. The van der Waals surface area contributed by atoms with Crippen molar-refractivity contribution >= 4 is 7.28 Å². The van der Waals surface area contributed by atoms with Crippen LogP contribution < -0.4 is 0 Å². The average molecular weight is 237 g/mol. The Morgan fingerprint density at radius 2 is 1.12 bits per heavy atom. The summed E-state index contributed by atoms with van der Waals surface area (Å²) in [5.74, 6) is 1.91. The Hall–Kier alpha value is 0.0649. The topological polar surface area (TPSA) is 0 Å². The Morgan fingerprint density at radius 3 is 1.41 bits per heavy atom. The van der Waals surface area contributed by atoms with Gasteiger partial charge >= 0.3 is 0 Å². The zero-order chi connectivity index (χ0) is 12.9. The first-order chi connectivity index (χ1) is 8.28. The van der Waals surface area contributed by atoms with Gasteiger partial charge in [0.15, 0.2) is 0 Å². The second-order valence-electron chi connectivity index (χ2n) is 5.59. The van der Waals surface area contributed by atoms with E-state index in [0.29, 0.717) is 0 Å². The zero-order valence-electron chi connectivity index (χ0n) is 12.8. The maximum absolute atomic E-state index is 2.59. The summed E-state index contributed by atoms with van der Waals surface area (Å²) in [6.45, 7) is 9.30. The van der Waals surface area contributed by atoms with Gasteiger partial charge in [-0.2, -0.15) is 0 Å². The fraction of sp³-hybridized carbons (Fsp3) is 1.00. The Kier molecular flexibility index (Phi) is 12.6. The lowest BCUT2D eigenvalue weighted by molar-refractivity contribution is 0.474. The number of hydrogen-bond acceptors (Lipinski definition) is 0. The van der Waals surface area contributed by atoms with Crippen LogP contribution in [0.5, 0.6) is 0 Å². The monoisotopic (exact) mass is 237 g/mol. The maximum Gasteiger partial charge on any atom is 0.110 e. The largest absolute Gasteiger partial charge is 0.110 e. The summed E-state index contributed by atoms with van der Waals surface area (Å²) in [6, 6.07) is 0. The first-order valence-electron chi connectivity index (χ1n) is 8.09. The smallest absolute Gasteiger partial charge is 0.0775 e. The van der Waals surface area contributed by atoms with Crippen LogP contribution in [0.4, 0.5) is 0 Å². The molecule has 0 saturated carbocycles. The van der Waals surface area contributed by atoms with Crippen LogP contribution in [0.1, 0.15) is 79.1 Å². The van der Waals surface area contributed by atoms with Gasteiger partial charge in [0.1, 0.15) is 7.28 Å². The first-order valence-corrected chi connectivity index (χ1v) is 8.09. The lowest BCUT2D eigenvalue weighted by atomic mass is 9.61. The number of unbranched alkanes of at least 4 members (excludes halogenated alkanes) is 2. The van der Waals surface area contributed by atoms with E-state index in [2.05, 4.69) is 35.0 Å². The normalized spacial score (nSPS) is 14.6. The van der Waals surface area contributed by atoms with Crippen molar-refractivity contribution < 1.29 is 0 Å². The van der Waals surface area contributed by atoms with Crippen LogP contribution in [-0.2, 0) is 0 Å². The van der Waals surface area contributed by atoms with Crippen LogP contribution in [0.2, 0.25) is 12.6 Å². The Bertz CT molecular complexity index is 128. The molecule has 0 aromatic heterocycles. The highest BCUT2D eigenvalue weighted by atomic mass is 14.1. The van der Waals surface area contributed by atoms with Gasteiger partial charge in [-0.25, -0.2) is 0 Å². The van der Waals surface area contributed by atoms with Crippen molar-refractivity contribution in [2.75, 3.05) is 0 Å². The zero-order valence-corrected chi connectivity index (χ0v) is 12.8. The fourth-order valence-electron chi connectivity index (χ4n) is 2.53. The lowest BCUT2D eigenvalue weighted by Gasteiger charge is -2.17. The van der Waals surface area contributed by atoms with E-state index in [0.717, 1.165) is 11.8 Å². The highest BCUT2D eigenvalue weighted by Gasteiger charge is 2.10. The van der Waals surface area contributed by atoms with Gasteiger partial charge in [-0.3, -0.25) is 0 Å². The first kappa shape index (κ1) is 17.1. The predicted molar refractivity (Wildman–Crippen MR) is 82.0 cm³/mol. The van der Waals surface area contributed by atoms with Crippen LogP contribution in [0.25, 0.3) is 0 Å². The van der Waals surface area contributed by atoms with Crippen LogP contribution in [-0.4, -0.2) is 7.28 Å². The van der Waals surface area contributed by atoms with Crippen molar-refractivity contribution in [2.45, 2.75) is 91.7 Å². The van der Waals surface area contributed by atoms with Crippen molar-refractivity contribution in [2.24, 2.45) is 11.8 Å². The summed E-state index contributed by atoms with van der Waals surface area (Å²) in [4.78, 5) is 0. The van der Waals surface area contributed by atoms with E-state index in [1.54, 1.807) is 0 Å². The van der Waals surface area contributed by atoms with Crippen molar-refractivity contribution in [3.05, 3.63) is 0 Å². The van der Waals surface area contributed by atoms with Crippen LogP contribution in [0.15, 0.2) is 0 Å². The summed E-state index contributed by atoms with van der Waals surface area (Å²) in [6.07, 6.45) is 13.9. The molecule has 0 aromatic carbocycles. The molecule has 0 fully saturated rings.